The zero-order valence-corrected chi connectivity index (χ0v) is 16.1. The van der Waals surface area contributed by atoms with Gasteiger partial charge in [-0.2, -0.15) is 5.10 Å². The molecule has 134 valence electrons. The Bertz CT molecular complexity index is 962. The lowest BCUT2D eigenvalue weighted by molar-refractivity contribution is 0.709. The van der Waals surface area contributed by atoms with Gasteiger partial charge >= 0.3 is 0 Å². The zero-order chi connectivity index (χ0) is 18.6. The molecule has 0 saturated carbocycles. The first kappa shape index (κ1) is 17.8. The van der Waals surface area contributed by atoms with E-state index in [9.17, 15) is 0 Å². The fraction of sp³-hybridized carbons (Fsp3) is 0.0870. The largest absolute Gasteiger partial charge is 0.254 e. The molecular formula is C23H18Cl2N2. The minimum Gasteiger partial charge on any atom is -0.254 e. The summed E-state index contributed by atoms with van der Waals surface area (Å²) in [6.45, 7) is 0. The third-order valence-electron chi connectivity index (χ3n) is 4.55. The quantitative estimate of drug-likeness (QED) is 0.465. The van der Waals surface area contributed by atoms with Crippen molar-refractivity contribution in [2.24, 2.45) is 5.10 Å². The number of allylic oxidation sites excluding steroid dienone is 1. The number of halogens is 2. The van der Waals surface area contributed by atoms with Gasteiger partial charge in [0.05, 0.1) is 27.5 Å². The fourth-order valence-electron chi connectivity index (χ4n) is 3.24. The van der Waals surface area contributed by atoms with Crippen molar-refractivity contribution in [3.8, 4) is 0 Å². The Morgan fingerprint density at radius 1 is 0.778 bits per heavy atom. The molecule has 4 rings (SSSR count). The zero-order valence-electron chi connectivity index (χ0n) is 14.6. The van der Waals surface area contributed by atoms with Crippen LogP contribution in [0.2, 0.25) is 10.0 Å². The van der Waals surface area contributed by atoms with Gasteiger partial charge in [0.25, 0.3) is 0 Å². The molecule has 0 radical (unpaired) electrons. The fourth-order valence-corrected chi connectivity index (χ4v) is 3.81. The van der Waals surface area contributed by atoms with Gasteiger partial charge in [0, 0.05) is 6.42 Å². The van der Waals surface area contributed by atoms with Crippen LogP contribution in [0.1, 0.15) is 23.6 Å². The molecular weight excluding hydrogens is 375 g/mol. The number of hydrogen-bond donors (Lipinski definition) is 0. The van der Waals surface area contributed by atoms with Gasteiger partial charge in [0.15, 0.2) is 0 Å². The van der Waals surface area contributed by atoms with E-state index < -0.39 is 0 Å². The number of benzene rings is 3. The highest BCUT2D eigenvalue weighted by Crippen LogP contribution is 2.42. The van der Waals surface area contributed by atoms with Crippen molar-refractivity contribution in [2.75, 3.05) is 5.01 Å². The van der Waals surface area contributed by atoms with Gasteiger partial charge in [-0.15, -0.1) is 0 Å². The van der Waals surface area contributed by atoms with Crippen molar-refractivity contribution in [1.29, 1.82) is 0 Å². The molecule has 2 nitrogen and oxygen atoms in total. The van der Waals surface area contributed by atoms with Crippen LogP contribution in [0.3, 0.4) is 0 Å². The van der Waals surface area contributed by atoms with Crippen LogP contribution in [-0.4, -0.2) is 5.71 Å². The standard InChI is InChI=1S/C23H18Cl2N2/c24-20-12-7-13-21(25)23(20)27-22(18-10-5-2-6-11-18)16-19(26-27)15-14-17-8-3-1-4-9-17/h1-15,22H,16H2/b15-14+. The molecule has 0 fully saturated rings. The van der Waals surface area contributed by atoms with Gasteiger partial charge in [-0.05, 0) is 29.3 Å². The van der Waals surface area contributed by atoms with E-state index >= 15 is 0 Å². The van der Waals surface area contributed by atoms with Crippen LogP contribution in [0.25, 0.3) is 6.08 Å². The van der Waals surface area contributed by atoms with Gasteiger partial charge in [-0.3, -0.25) is 5.01 Å². The van der Waals surface area contributed by atoms with Crippen molar-refractivity contribution in [2.45, 2.75) is 12.5 Å². The molecule has 27 heavy (non-hydrogen) atoms. The summed E-state index contributed by atoms with van der Waals surface area (Å²) in [7, 11) is 0. The minimum atomic E-state index is 0.0547. The van der Waals surface area contributed by atoms with Gasteiger partial charge in [0.2, 0.25) is 0 Å². The van der Waals surface area contributed by atoms with Crippen molar-refractivity contribution < 1.29 is 0 Å². The second-order valence-electron chi connectivity index (χ2n) is 6.38. The smallest absolute Gasteiger partial charge is 0.0973 e. The lowest BCUT2D eigenvalue weighted by Gasteiger charge is -2.25. The molecule has 0 N–H and O–H groups in total. The van der Waals surface area contributed by atoms with E-state index in [0.29, 0.717) is 10.0 Å². The number of nitrogens with zero attached hydrogens (tertiary/aromatic N) is 2. The van der Waals surface area contributed by atoms with E-state index in [1.165, 1.54) is 5.56 Å². The summed E-state index contributed by atoms with van der Waals surface area (Å²) >= 11 is 12.9. The Kier molecular flexibility index (Phi) is 5.28. The van der Waals surface area contributed by atoms with Crippen LogP contribution < -0.4 is 5.01 Å². The van der Waals surface area contributed by atoms with Crippen molar-refractivity contribution in [1.82, 2.24) is 0 Å². The molecule has 3 aromatic rings. The lowest BCUT2D eigenvalue weighted by atomic mass is 10.0. The van der Waals surface area contributed by atoms with Crippen LogP contribution in [0.15, 0.2) is 90.0 Å². The molecule has 0 spiro atoms. The molecule has 1 aliphatic heterocycles. The van der Waals surface area contributed by atoms with E-state index in [0.717, 1.165) is 23.4 Å². The Morgan fingerprint density at radius 3 is 2.07 bits per heavy atom. The lowest BCUT2D eigenvalue weighted by Crippen LogP contribution is -2.19. The first-order valence-electron chi connectivity index (χ1n) is 8.81. The molecule has 0 aliphatic carbocycles. The van der Waals surface area contributed by atoms with Crippen molar-refractivity contribution >= 4 is 40.7 Å². The third kappa shape index (κ3) is 3.92. The first-order valence-corrected chi connectivity index (χ1v) is 9.57. The highest BCUT2D eigenvalue weighted by atomic mass is 35.5. The molecule has 4 heteroatoms. The second kappa shape index (κ2) is 7.99. The Morgan fingerprint density at radius 2 is 1.41 bits per heavy atom. The number of hydrazone groups is 1. The summed E-state index contributed by atoms with van der Waals surface area (Å²) in [4.78, 5) is 0. The molecule has 3 aromatic carbocycles. The van der Waals surface area contributed by atoms with Crippen molar-refractivity contribution in [3.63, 3.8) is 0 Å². The van der Waals surface area contributed by atoms with Crippen LogP contribution in [0.5, 0.6) is 0 Å². The molecule has 1 unspecified atom stereocenters. The first-order chi connectivity index (χ1) is 13.2. The van der Waals surface area contributed by atoms with Crippen LogP contribution >= 0.6 is 23.2 Å². The van der Waals surface area contributed by atoms with Crippen LogP contribution in [0.4, 0.5) is 5.69 Å². The SMILES string of the molecule is Clc1cccc(Cl)c1N1N=C(/C=C/c2ccccc2)CC1c1ccccc1. The summed E-state index contributed by atoms with van der Waals surface area (Å²) in [5, 5.41) is 7.99. The summed E-state index contributed by atoms with van der Waals surface area (Å²) in [5.41, 5.74) is 4.06. The number of para-hydroxylation sites is 1. The minimum absolute atomic E-state index is 0.0547. The van der Waals surface area contributed by atoms with Crippen LogP contribution in [0, 0.1) is 0 Å². The number of anilines is 1. The van der Waals surface area contributed by atoms with Gasteiger partial charge in [0.1, 0.15) is 0 Å². The van der Waals surface area contributed by atoms with Gasteiger partial charge in [-0.1, -0.05) is 96.0 Å². The molecule has 1 heterocycles. The topological polar surface area (TPSA) is 15.6 Å². The maximum Gasteiger partial charge on any atom is 0.0973 e. The third-order valence-corrected chi connectivity index (χ3v) is 5.16. The summed E-state index contributed by atoms with van der Waals surface area (Å²) in [6, 6.07) is 26.1. The van der Waals surface area contributed by atoms with Crippen LogP contribution in [-0.2, 0) is 0 Å². The second-order valence-corrected chi connectivity index (χ2v) is 7.20. The molecule has 0 bridgehead atoms. The van der Waals surface area contributed by atoms with Gasteiger partial charge in [-0.25, -0.2) is 0 Å². The summed E-state index contributed by atoms with van der Waals surface area (Å²) in [5.74, 6) is 0. The number of rotatable bonds is 4. The monoisotopic (exact) mass is 392 g/mol. The van der Waals surface area contributed by atoms with E-state index in [2.05, 4.69) is 36.4 Å². The molecule has 0 aromatic heterocycles. The highest BCUT2D eigenvalue weighted by Gasteiger charge is 2.30. The van der Waals surface area contributed by atoms with E-state index in [4.69, 9.17) is 28.3 Å². The average molecular weight is 393 g/mol. The summed E-state index contributed by atoms with van der Waals surface area (Å²) < 4.78 is 0. The summed E-state index contributed by atoms with van der Waals surface area (Å²) in [6.07, 6.45) is 4.93. The van der Waals surface area contributed by atoms with Crippen molar-refractivity contribution in [3.05, 3.63) is 106 Å². The Hall–Kier alpha value is -2.55. The molecule has 0 saturated heterocycles. The van der Waals surface area contributed by atoms with E-state index in [1.54, 1.807) is 0 Å². The highest BCUT2D eigenvalue weighted by molar-refractivity contribution is 6.39. The molecule has 1 aliphatic rings. The maximum atomic E-state index is 6.47. The molecule has 1 atom stereocenters. The number of hydrogen-bond acceptors (Lipinski definition) is 2. The Labute approximate surface area is 169 Å². The predicted octanol–water partition coefficient (Wildman–Crippen LogP) is 7.01. The van der Waals surface area contributed by atoms with E-state index in [-0.39, 0.29) is 6.04 Å². The Balaban J connectivity index is 1.72. The average Bonchev–Trinajstić information content (AvgIpc) is 3.12. The normalized spacial score (nSPS) is 16.7. The molecule has 0 amide bonds. The van der Waals surface area contributed by atoms with Gasteiger partial charge < -0.3 is 0 Å². The van der Waals surface area contributed by atoms with E-state index in [1.807, 2.05) is 59.6 Å². The predicted molar refractivity (Wildman–Crippen MR) is 116 cm³/mol. The maximum absolute atomic E-state index is 6.47.